The fourth-order valence-electron chi connectivity index (χ4n) is 0.590. The number of alkyl carbamates (subject to hydrolysis) is 1. The highest BCUT2D eigenvalue weighted by molar-refractivity contribution is 7.80. The lowest BCUT2D eigenvalue weighted by molar-refractivity contribution is -0.155. The molecule has 0 saturated heterocycles. The maximum Gasteiger partial charge on any atom is 0.410 e. The number of hydrogen-bond acceptors (Lipinski definition) is 5. The summed E-state index contributed by atoms with van der Waals surface area (Å²) in [4.78, 5) is 21.9. The number of carbonyl (C=O) groups excluding carboxylic acids is 2. The Balaban J connectivity index is 3.51. The minimum absolute atomic E-state index is 0.0516. The second-order valence-corrected chi connectivity index (χ2v) is 4.28. The van der Waals surface area contributed by atoms with Crippen LogP contribution >= 0.6 is 12.6 Å². The molecule has 0 rings (SSSR count). The Morgan fingerprint density at radius 1 is 1.27 bits per heavy atom. The molecule has 0 aromatic carbocycles. The third-order valence-electron chi connectivity index (χ3n) is 1.40. The Morgan fingerprint density at radius 3 is 2.33 bits per heavy atom. The highest BCUT2D eigenvalue weighted by Crippen LogP contribution is 1.95. The van der Waals surface area contributed by atoms with Crippen molar-refractivity contribution in [1.29, 1.82) is 0 Å². The monoisotopic (exact) mass is 235 g/mol. The van der Waals surface area contributed by atoms with Gasteiger partial charge in [-0.05, 0) is 0 Å². The van der Waals surface area contributed by atoms with Crippen molar-refractivity contribution in [2.24, 2.45) is 5.92 Å². The van der Waals surface area contributed by atoms with Crippen molar-refractivity contribution in [3.05, 3.63) is 0 Å². The average molecular weight is 235 g/mol. The van der Waals surface area contributed by atoms with E-state index in [1.54, 1.807) is 13.8 Å². The first-order valence-electron chi connectivity index (χ1n) is 4.68. The summed E-state index contributed by atoms with van der Waals surface area (Å²) in [5, 5.41) is 2.51. The zero-order valence-electron chi connectivity index (χ0n) is 9.15. The van der Waals surface area contributed by atoms with Crippen molar-refractivity contribution in [3.63, 3.8) is 0 Å². The van der Waals surface area contributed by atoms with Gasteiger partial charge >= 0.3 is 12.1 Å². The lowest BCUT2D eigenvalue weighted by Gasteiger charge is -2.09. The number of esters is 1. The average Bonchev–Trinajstić information content (AvgIpc) is 2.14. The van der Waals surface area contributed by atoms with E-state index < -0.39 is 12.1 Å². The molecule has 88 valence electrons. The van der Waals surface area contributed by atoms with Gasteiger partial charge in [0, 0.05) is 11.8 Å². The summed E-state index contributed by atoms with van der Waals surface area (Å²) in [5.41, 5.74) is 0. The zero-order valence-corrected chi connectivity index (χ0v) is 10.0. The van der Waals surface area contributed by atoms with Gasteiger partial charge in [0.1, 0.15) is 0 Å². The van der Waals surface area contributed by atoms with Crippen LogP contribution in [0.5, 0.6) is 0 Å². The SMILES string of the molecule is CC(S)CNC(=O)OCOC(=O)C(C)C. The molecular weight excluding hydrogens is 218 g/mol. The molecule has 0 aliphatic carbocycles. The maximum atomic E-state index is 10.9. The van der Waals surface area contributed by atoms with Crippen LogP contribution in [0.3, 0.4) is 0 Å². The van der Waals surface area contributed by atoms with Crippen molar-refractivity contribution in [3.8, 4) is 0 Å². The number of carbonyl (C=O) groups is 2. The molecule has 6 heteroatoms. The third kappa shape index (κ3) is 8.11. The Morgan fingerprint density at radius 2 is 1.87 bits per heavy atom. The molecule has 0 saturated carbocycles. The number of thiol groups is 1. The molecule has 0 bridgehead atoms. The van der Waals surface area contributed by atoms with Crippen LogP contribution < -0.4 is 5.32 Å². The molecule has 0 radical (unpaired) electrons. The molecule has 0 spiro atoms. The van der Waals surface area contributed by atoms with Gasteiger partial charge < -0.3 is 14.8 Å². The lowest BCUT2D eigenvalue weighted by atomic mass is 10.2. The van der Waals surface area contributed by atoms with Gasteiger partial charge in [-0.3, -0.25) is 4.79 Å². The first-order chi connectivity index (χ1) is 6.93. The summed E-state index contributed by atoms with van der Waals surface area (Å²) in [6.45, 7) is 5.28. The Hall–Kier alpha value is -0.910. The molecule has 1 atom stereocenters. The summed E-state index contributed by atoms with van der Waals surface area (Å²) in [5.74, 6) is -0.625. The smallest absolute Gasteiger partial charge is 0.410 e. The summed E-state index contributed by atoms with van der Waals surface area (Å²) in [7, 11) is 0. The molecule has 0 heterocycles. The molecule has 5 nitrogen and oxygen atoms in total. The van der Waals surface area contributed by atoms with E-state index in [1.807, 2.05) is 6.92 Å². The minimum atomic E-state index is -0.618. The van der Waals surface area contributed by atoms with E-state index in [4.69, 9.17) is 0 Å². The fourth-order valence-corrected chi connectivity index (χ4v) is 0.681. The molecule has 1 unspecified atom stereocenters. The maximum absolute atomic E-state index is 10.9. The van der Waals surface area contributed by atoms with E-state index in [1.165, 1.54) is 0 Å². The molecule has 0 aromatic rings. The molecule has 1 N–H and O–H groups in total. The Bertz CT molecular complexity index is 218. The first-order valence-corrected chi connectivity index (χ1v) is 5.20. The van der Waals surface area contributed by atoms with E-state index in [0.717, 1.165) is 0 Å². The van der Waals surface area contributed by atoms with Crippen molar-refractivity contribution in [1.82, 2.24) is 5.32 Å². The van der Waals surface area contributed by atoms with Crippen molar-refractivity contribution in [2.75, 3.05) is 13.3 Å². The number of nitrogens with one attached hydrogen (secondary N) is 1. The van der Waals surface area contributed by atoms with E-state index in [2.05, 4.69) is 27.4 Å². The number of hydrogen-bond donors (Lipinski definition) is 2. The van der Waals surface area contributed by atoms with Gasteiger partial charge in [-0.15, -0.1) is 0 Å². The number of rotatable bonds is 5. The quantitative estimate of drug-likeness (QED) is 0.427. The topological polar surface area (TPSA) is 64.6 Å². The minimum Gasteiger partial charge on any atom is -0.428 e. The van der Waals surface area contributed by atoms with Crippen LogP contribution in [0.25, 0.3) is 0 Å². The van der Waals surface area contributed by atoms with E-state index in [0.29, 0.717) is 6.54 Å². The summed E-state index contributed by atoms with van der Waals surface area (Å²) < 4.78 is 9.23. The fraction of sp³-hybridized carbons (Fsp3) is 0.778. The van der Waals surface area contributed by atoms with Crippen LogP contribution in [-0.4, -0.2) is 30.7 Å². The Labute approximate surface area is 94.9 Å². The lowest BCUT2D eigenvalue weighted by Crippen LogP contribution is -2.30. The van der Waals surface area contributed by atoms with Crippen molar-refractivity contribution < 1.29 is 19.1 Å². The predicted molar refractivity (Wildman–Crippen MR) is 58.7 cm³/mol. The van der Waals surface area contributed by atoms with Gasteiger partial charge in [0.15, 0.2) is 0 Å². The number of amides is 1. The van der Waals surface area contributed by atoms with Crippen LogP contribution in [0.4, 0.5) is 4.79 Å². The summed E-state index contributed by atoms with van der Waals surface area (Å²) >= 11 is 4.07. The van der Waals surface area contributed by atoms with Gasteiger partial charge in [0.2, 0.25) is 6.79 Å². The van der Waals surface area contributed by atoms with E-state index in [-0.39, 0.29) is 18.0 Å². The normalized spacial score (nSPS) is 12.1. The molecule has 0 aromatic heterocycles. The predicted octanol–water partition coefficient (Wildman–Crippen LogP) is 1.19. The zero-order chi connectivity index (χ0) is 11.8. The van der Waals surface area contributed by atoms with E-state index >= 15 is 0 Å². The Kier molecular flexibility index (Phi) is 6.94. The standard InChI is InChI=1S/C9H17NO4S/c1-6(2)8(11)13-5-14-9(12)10-4-7(3)15/h6-7,15H,4-5H2,1-3H3,(H,10,12). The van der Waals surface area contributed by atoms with Crippen LogP contribution in [-0.2, 0) is 14.3 Å². The molecule has 1 amide bonds. The molecule has 0 fully saturated rings. The van der Waals surface area contributed by atoms with Gasteiger partial charge in [-0.2, -0.15) is 12.6 Å². The molecule has 0 aliphatic heterocycles. The van der Waals surface area contributed by atoms with Gasteiger partial charge in [-0.25, -0.2) is 4.79 Å². The second-order valence-electron chi connectivity index (χ2n) is 3.40. The van der Waals surface area contributed by atoms with Gasteiger partial charge in [-0.1, -0.05) is 20.8 Å². The first kappa shape index (κ1) is 14.1. The van der Waals surface area contributed by atoms with Crippen LogP contribution in [0.15, 0.2) is 0 Å². The van der Waals surface area contributed by atoms with Crippen LogP contribution in [0.2, 0.25) is 0 Å². The third-order valence-corrected chi connectivity index (χ3v) is 1.59. The largest absolute Gasteiger partial charge is 0.428 e. The second kappa shape index (κ2) is 7.39. The van der Waals surface area contributed by atoms with Gasteiger partial charge in [0.25, 0.3) is 0 Å². The van der Waals surface area contributed by atoms with Gasteiger partial charge in [0.05, 0.1) is 5.92 Å². The van der Waals surface area contributed by atoms with Crippen LogP contribution in [0, 0.1) is 5.92 Å². The van der Waals surface area contributed by atoms with Crippen LogP contribution in [0.1, 0.15) is 20.8 Å². The molecular formula is C9H17NO4S. The van der Waals surface area contributed by atoms with Crippen molar-refractivity contribution in [2.45, 2.75) is 26.0 Å². The highest BCUT2D eigenvalue weighted by Gasteiger charge is 2.09. The molecule has 15 heavy (non-hydrogen) atoms. The highest BCUT2D eigenvalue weighted by atomic mass is 32.1. The summed E-state index contributed by atoms with van der Waals surface area (Å²) in [6.07, 6.45) is -0.618. The molecule has 0 aliphatic rings. The van der Waals surface area contributed by atoms with E-state index in [9.17, 15) is 9.59 Å². The summed E-state index contributed by atoms with van der Waals surface area (Å²) in [6, 6.07) is 0. The number of ether oxygens (including phenoxy) is 2. The van der Waals surface area contributed by atoms with Crippen molar-refractivity contribution >= 4 is 24.7 Å².